The number of nitrogens with one attached hydrogen (secondary N) is 1. The smallest absolute Gasteiger partial charge is 0.280 e. The summed E-state index contributed by atoms with van der Waals surface area (Å²) < 4.78 is 1.54. The number of hydrogen-bond donors (Lipinski definition) is 1. The SMILES string of the molecule is CC(C)(C)CC(C)(C)Nc1cc(C(=O)n2cc3ccccc3c2)nc(Cl)n1. The lowest BCUT2D eigenvalue weighted by molar-refractivity contribution is 0.0955. The van der Waals surface area contributed by atoms with Crippen molar-refractivity contribution in [2.75, 3.05) is 5.32 Å². The maximum atomic E-state index is 12.9. The van der Waals surface area contributed by atoms with E-state index in [0.717, 1.165) is 17.2 Å². The second-order valence-corrected chi connectivity index (χ2v) is 9.09. The van der Waals surface area contributed by atoms with Gasteiger partial charge < -0.3 is 5.32 Å². The van der Waals surface area contributed by atoms with Crippen LogP contribution in [-0.4, -0.2) is 26.0 Å². The highest BCUT2D eigenvalue weighted by atomic mass is 35.5. The summed E-state index contributed by atoms with van der Waals surface area (Å²) in [5, 5.41) is 5.43. The average molecular weight is 385 g/mol. The molecule has 0 aliphatic rings. The van der Waals surface area contributed by atoms with Crippen molar-refractivity contribution in [2.24, 2.45) is 5.41 Å². The Morgan fingerprint density at radius 2 is 1.67 bits per heavy atom. The molecular weight excluding hydrogens is 360 g/mol. The molecular formula is C21H25ClN4O. The lowest BCUT2D eigenvalue weighted by Gasteiger charge is -2.33. The monoisotopic (exact) mass is 384 g/mol. The first-order chi connectivity index (χ1) is 12.5. The largest absolute Gasteiger partial charge is 0.365 e. The van der Waals surface area contributed by atoms with E-state index in [9.17, 15) is 4.79 Å². The van der Waals surface area contributed by atoms with E-state index in [0.29, 0.717) is 5.82 Å². The van der Waals surface area contributed by atoms with Gasteiger partial charge in [0, 0.05) is 24.0 Å². The minimum Gasteiger partial charge on any atom is -0.365 e. The molecule has 142 valence electrons. The van der Waals surface area contributed by atoms with Gasteiger partial charge in [0.25, 0.3) is 5.91 Å². The van der Waals surface area contributed by atoms with Gasteiger partial charge in [0.2, 0.25) is 5.28 Å². The first kappa shape index (κ1) is 19.4. The fourth-order valence-corrected chi connectivity index (χ4v) is 3.82. The molecule has 2 heterocycles. The third kappa shape index (κ3) is 4.86. The number of rotatable bonds is 4. The van der Waals surface area contributed by atoms with E-state index in [1.54, 1.807) is 18.5 Å². The molecule has 0 spiro atoms. The summed E-state index contributed by atoms with van der Waals surface area (Å²) in [6, 6.07) is 9.47. The molecule has 0 aliphatic heterocycles. The number of carbonyl (C=O) groups excluding carboxylic acids is 1. The predicted molar refractivity (Wildman–Crippen MR) is 110 cm³/mol. The number of aromatic nitrogens is 3. The molecule has 3 aromatic rings. The van der Waals surface area contributed by atoms with Crippen LogP contribution in [-0.2, 0) is 0 Å². The quantitative estimate of drug-likeness (QED) is 0.612. The number of anilines is 1. The zero-order chi connectivity index (χ0) is 19.8. The highest BCUT2D eigenvalue weighted by Gasteiger charge is 2.26. The minimum absolute atomic E-state index is 0.0478. The minimum atomic E-state index is -0.243. The number of benzene rings is 1. The number of fused-ring (bicyclic) bond motifs is 1. The molecule has 0 saturated carbocycles. The molecule has 1 aromatic carbocycles. The third-order valence-electron chi connectivity index (χ3n) is 4.14. The van der Waals surface area contributed by atoms with Gasteiger partial charge in [0.1, 0.15) is 11.5 Å². The molecule has 27 heavy (non-hydrogen) atoms. The third-order valence-corrected chi connectivity index (χ3v) is 4.31. The molecule has 0 unspecified atom stereocenters. The van der Waals surface area contributed by atoms with Crippen LogP contribution in [0.4, 0.5) is 5.82 Å². The molecule has 0 aliphatic carbocycles. The van der Waals surface area contributed by atoms with Crippen LogP contribution >= 0.6 is 11.6 Å². The molecule has 0 fully saturated rings. The predicted octanol–water partition coefficient (Wildman–Crippen LogP) is 5.40. The van der Waals surface area contributed by atoms with Crippen molar-refractivity contribution in [2.45, 2.75) is 46.6 Å². The summed E-state index contributed by atoms with van der Waals surface area (Å²) in [6.07, 6.45) is 4.52. The van der Waals surface area contributed by atoms with E-state index >= 15 is 0 Å². The van der Waals surface area contributed by atoms with Crippen molar-refractivity contribution in [1.82, 2.24) is 14.5 Å². The molecule has 6 heteroatoms. The van der Waals surface area contributed by atoms with Crippen molar-refractivity contribution in [1.29, 1.82) is 0 Å². The van der Waals surface area contributed by atoms with Gasteiger partial charge in [-0.3, -0.25) is 9.36 Å². The summed E-state index contributed by atoms with van der Waals surface area (Å²) in [5.41, 5.74) is 0.194. The summed E-state index contributed by atoms with van der Waals surface area (Å²) >= 11 is 6.10. The van der Waals surface area contributed by atoms with Gasteiger partial charge in [-0.15, -0.1) is 0 Å². The van der Waals surface area contributed by atoms with Gasteiger partial charge in [-0.1, -0.05) is 45.0 Å². The number of halogens is 1. The van der Waals surface area contributed by atoms with E-state index in [1.165, 1.54) is 4.57 Å². The van der Waals surface area contributed by atoms with Crippen LogP contribution in [0, 0.1) is 5.41 Å². The Labute approximate surface area is 164 Å². The van der Waals surface area contributed by atoms with Crippen LogP contribution in [0.25, 0.3) is 10.8 Å². The maximum Gasteiger partial charge on any atom is 0.280 e. The van der Waals surface area contributed by atoms with Crippen LogP contribution in [0.15, 0.2) is 42.7 Å². The lowest BCUT2D eigenvalue weighted by Crippen LogP contribution is -2.35. The second kappa shape index (κ2) is 6.97. The van der Waals surface area contributed by atoms with Crippen molar-refractivity contribution in [3.63, 3.8) is 0 Å². The molecule has 0 saturated heterocycles. The Hall–Kier alpha value is -2.40. The molecule has 1 N–H and O–H groups in total. The van der Waals surface area contributed by atoms with Crippen LogP contribution in [0.3, 0.4) is 0 Å². The highest BCUT2D eigenvalue weighted by Crippen LogP contribution is 2.29. The molecule has 0 radical (unpaired) electrons. The zero-order valence-corrected chi connectivity index (χ0v) is 17.1. The molecule has 5 nitrogen and oxygen atoms in total. The van der Waals surface area contributed by atoms with Gasteiger partial charge >= 0.3 is 0 Å². The van der Waals surface area contributed by atoms with Crippen molar-refractivity contribution < 1.29 is 4.79 Å². The molecule has 3 rings (SSSR count). The zero-order valence-electron chi connectivity index (χ0n) is 16.4. The van der Waals surface area contributed by atoms with E-state index < -0.39 is 0 Å². The fraction of sp³-hybridized carbons (Fsp3) is 0.381. The summed E-state index contributed by atoms with van der Waals surface area (Å²) in [6.45, 7) is 10.8. The first-order valence-corrected chi connectivity index (χ1v) is 9.34. The molecule has 0 atom stereocenters. The molecule has 0 amide bonds. The van der Waals surface area contributed by atoms with E-state index in [1.807, 2.05) is 24.3 Å². The Balaban J connectivity index is 1.89. The van der Waals surface area contributed by atoms with E-state index in [2.05, 4.69) is 49.9 Å². The normalized spacial score (nSPS) is 12.4. The second-order valence-electron chi connectivity index (χ2n) is 8.75. The fourth-order valence-electron chi connectivity index (χ4n) is 3.64. The number of hydrogen-bond acceptors (Lipinski definition) is 4. The van der Waals surface area contributed by atoms with Crippen LogP contribution in [0.1, 0.15) is 51.5 Å². The van der Waals surface area contributed by atoms with Gasteiger partial charge in [-0.05, 0) is 48.1 Å². The van der Waals surface area contributed by atoms with Crippen LogP contribution in [0.5, 0.6) is 0 Å². The summed E-state index contributed by atoms with van der Waals surface area (Å²) in [7, 11) is 0. The lowest BCUT2D eigenvalue weighted by atomic mass is 9.82. The Morgan fingerprint density at radius 3 is 2.22 bits per heavy atom. The number of nitrogens with zero attached hydrogens (tertiary/aromatic N) is 3. The topological polar surface area (TPSA) is 59.8 Å². The Bertz CT molecular complexity index is 952. The van der Waals surface area contributed by atoms with Gasteiger partial charge in [-0.25, -0.2) is 9.97 Å². The standard InChI is InChI=1S/C21H25ClN4O/c1-20(2,3)13-21(4,5)25-17-10-16(23-19(22)24-17)18(27)26-11-14-8-6-7-9-15(14)12-26/h6-12H,13H2,1-5H3,(H,23,24,25). The first-order valence-electron chi connectivity index (χ1n) is 8.97. The van der Waals surface area contributed by atoms with E-state index in [-0.39, 0.29) is 27.8 Å². The van der Waals surface area contributed by atoms with Crippen molar-refractivity contribution >= 4 is 34.1 Å². The van der Waals surface area contributed by atoms with Crippen molar-refractivity contribution in [3.05, 3.63) is 53.7 Å². The Morgan fingerprint density at radius 1 is 1.07 bits per heavy atom. The van der Waals surface area contributed by atoms with Crippen LogP contribution in [0.2, 0.25) is 5.28 Å². The molecule has 0 bridgehead atoms. The van der Waals surface area contributed by atoms with Crippen LogP contribution < -0.4 is 5.32 Å². The Kier molecular flexibility index (Phi) is 5.00. The van der Waals surface area contributed by atoms with Gasteiger partial charge in [0.15, 0.2) is 0 Å². The van der Waals surface area contributed by atoms with Gasteiger partial charge in [-0.2, -0.15) is 0 Å². The summed E-state index contributed by atoms with van der Waals surface area (Å²) in [5.74, 6) is 0.302. The highest BCUT2D eigenvalue weighted by molar-refractivity contribution is 6.28. The number of carbonyl (C=O) groups is 1. The van der Waals surface area contributed by atoms with Crippen molar-refractivity contribution in [3.8, 4) is 0 Å². The van der Waals surface area contributed by atoms with E-state index in [4.69, 9.17) is 11.6 Å². The average Bonchev–Trinajstić information content (AvgIpc) is 2.94. The maximum absolute atomic E-state index is 12.9. The molecule has 2 aromatic heterocycles. The van der Waals surface area contributed by atoms with Gasteiger partial charge in [0.05, 0.1) is 0 Å². The summed E-state index contributed by atoms with van der Waals surface area (Å²) in [4.78, 5) is 21.3.